The van der Waals surface area contributed by atoms with Gasteiger partial charge in [0.1, 0.15) is 0 Å². The van der Waals surface area contributed by atoms with Crippen LogP contribution in [0.4, 0.5) is 0 Å². The molecule has 0 amide bonds. The number of allylic oxidation sites excluding steroid dienone is 1. The van der Waals surface area contributed by atoms with E-state index in [0.29, 0.717) is 5.28 Å². The highest BCUT2D eigenvalue weighted by Crippen LogP contribution is 2.31. The lowest BCUT2D eigenvalue weighted by Crippen LogP contribution is -1.90. The molecule has 0 aromatic carbocycles. The lowest BCUT2D eigenvalue weighted by molar-refractivity contribution is 1.10. The van der Waals surface area contributed by atoms with Crippen LogP contribution in [-0.2, 0) is 6.42 Å². The van der Waals surface area contributed by atoms with E-state index in [4.69, 9.17) is 11.6 Å². The maximum atomic E-state index is 5.75. The van der Waals surface area contributed by atoms with E-state index in [9.17, 15) is 0 Å². The van der Waals surface area contributed by atoms with Crippen molar-refractivity contribution >= 4 is 34.6 Å². The van der Waals surface area contributed by atoms with E-state index in [1.165, 1.54) is 11.1 Å². The quantitative estimate of drug-likeness (QED) is 0.708. The molecule has 0 bridgehead atoms. The first-order valence-electron chi connectivity index (χ1n) is 4.57. The summed E-state index contributed by atoms with van der Waals surface area (Å²) >= 11 is 7.45. The van der Waals surface area contributed by atoms with Crippen LogP contribution in [0.5, 0.6) is 0 Å². The van der Waals surface area contributed by atoms with Gasteiger partial charge in [-0.3, -0.25) is 0 Å². The molecular weight excluding hydrogens is 228 g/mol. The molecule has 0 fully saturated rings. The second-order valence-electron chi connectivity index (χ2n) is 3.41. The van der Waals surface area contributed by atoms with E-state index in [-0.39, 0.29) is 0 Å². The maximum Gasteiger partial charge on any atom is 0.222 e. The van der Waals surface area contributed by atoms with Gasteiger partial charge in [-0.1, -0.05) is 0 Å². The number of aromatic nitrogens is 2. The van der Waals surface area contributed by atoms with Gasteiger partial charge >= 0.3 is 0 Å². The number of thiophene rings is 1. The lowest BCUT2D eigenvalue weighted by atomic mass is 10.1. The molecular formula is C11H7ClN2S. The summed E-state index contributed by atoms with van der Waals surface area (Å²) in [5.74, 6) is 0. The molecule has 2 aromatic rings. The Labute approximate surface area is 96.3 Å². The standard InChI is InChI=1S/C11H7ClN2S/c12-11-13-5-9-3-8(4-10(9)14-11)7-1-2-15-6-7/h1-2,4-6H,3H2. The van der Waals surface area contributed by atoms with Crippen LogP contribution < -0.4 is 0 Å². The van der Waals surface area contributed by atoms with E-state index in [1.54, 1.807) is 17.5 Å². The third-order valence-electron chi connectivity index (χ3n) is 2.45. The molecule has 15 heavy (non-hydrogen) atoms. The Balaban J connectivity index is 2.04. The maximum absolute atomic E-state index is 5.75. The molecule has 0 radical (unpaired) electrons. The fraction of sp³-hybridized carbons (Fsp3) is 0.0909. The minimum absolute atomic E-state index is 0.316. The number of nitrogens with zero attached hydrogens (tertiary/aromatic N) is 2. The SMILES string of the molecule is Clc1ncc2c(n1)C=C(c1ccsc1)C2. The van der Waals surface area contributed by atoms with Crippen LogP contribution in [0, 0.1) is 0 Å². The van der Waals surface area contributed by atoms with Crippen molar-refractivity contribution < 1.29 is 0 Å². The van der Waals surface area contributed by atoms with Gasteiger partial charge in [0.15, 0.2) is 0 Å². The number of rotatable bonds is 1. The van der Waals surface area contributed by atoms with E-state index < -0.39 is 0 Å². The van der Waals surface area contributed by atoms with Crippen molar-refractivity contribution in [3.05, 3.63) is 45.1 Å². The monoisotopic (exact) mass is 234 g/mol. The van der Waals surface area contributed by atoms with E-state index in [2.05, 4.69) is 32.9 Å². The van der Waals surface area contributed by atoms with E-state index in [0.717, 1.165) is 17.7 Å². The van der Waals surface area contributed by atoms with Gasteiger partial charge in [0.25, 0.3) is 0 Å². The summed E-state index contributed by atoms with van der Waals surface area (Å²) in [6.45, 7) is 0. The van der Waals surface area contributed by atoms with Crippen LogP contribution in [0.2, 0.25) is 5.28 Å². The third-order valence-corrected chi connectivity index (χ3v) is 3.32. The van der Waals surface area contributed by atoms with E-state index >= 15 is 0 Å². The molecule has 0 aliphatic heterocycles. The highest BCUT2D eigenvalue weighted by atomic mass is 35.5. The van der Waals surface area contributed by atoms with Crippen molar-refractivity contribution in [2.75, 3.05) is 0 Å². The van der Waals surface area contributed by atoms with Gasteiger partial charge in [-0.2, -0.15) is 11.3 Å². The summed E-state index contributed by atoms with van der Waals surface area (Å²) in [4.78, 5) is 8.19. The van der Waals surface area contributed by atoms with Crippen molar-refractivity contribution in [3.63, 3.8) is 0 Å². The van der Waals surface area contributed by atoms with Gasteiger partial charge in [-0.25, -0.2) is 9.97 Å². The van der Waals surface area contributed by atoms with Crippen LogP contribution in [0.1, 0.15) is 16.8 Å². The zero-order valence-electron chi connectivity index (χ0n) is 7.77. The Morgan fingerprint density at radius 2 is 2.33 bits per heavy atom. The number of hydrogen-bond acceptors (Lipinski definition) is 3. The average molecular weight is 235 g/mol. The molecule has 0 spiro atoms. The molecule has 2 nitrogen and oxygen atoms in total. The Morgan fingerprint density at radius 1 is 1.40 bits per heavy atom. The lowest BCUT2D eigenvalue weighted by Gasteiger charge is -1.97. The predicted molar refractivity (Wildman–Crippen MR) is 62.9 cm³/mol. The molecule has 1 aliphatic carbocycles. The smallest absolute Gasteiger partial charge is 0.222 e. The minimum Gasteiger partial charge on any atom is -0.226 e. The van der Waals surface area contributed by atoms with Crippen molar-refractivity contribution in [2.24, 2.45) is 0 Å². The molecule has 2 heterocycles. The van der Waals surface area contributed by atoms with Crippen molar-refractivity contribution in [3.8, 4) is 0 Å². The Kier molecular flexibility index (Phi) is 2.08. The van der Waals surface area contributed by atoms with Crippen LogP contribution in [0.25, 0.3) is 11.6 Å². The summed E-state index contributed by atoms with van der Waals surface area (Å²) in [6.07, 6.45) is 4.80. The van der Waals surface area contributed by atoms with Gasteiger partial charge < -0.3 is 0 Å². The minimum atomic E-state index is 0.316. The molecule has 2 aromatic heterocycles. The molecule has 0 N–H and O–H groups in total. The van der Waals surface area contributed by atoms with Gasteiger partial charge in [-0.15, -0.1) is 0 Å². The van der Waals surface area contributed by atoms with Crippen LogP contribution >= 0.6 is 22.9 Å². The average Bonchev–Trinajstić information content (AvgIpc) is 2.84. The second kappa shape index (κ2) is 3.43. The summed E-state index contributed by atoms with van der Waals surface area (Å²) in [5, 5.41) is 4.54. The zero-order chi connectivity index (χ0) is 10.3. The summed E-state index contributed by atoms with van der Waals surface area (Å²) < 4.78 is 0. The molecule has 0 saturated heterocycles. The van der Waals surface area contributed by atoms with Crippen LogP contribution in [-0.4, -0.2) is 9.97 Å². The Morgan fingerprint density at radius 3 is 3.13 bits per heavy atom. The van der Waals surface area contributed by atoms with E-state index in [1.807, 2.05) is 0 Å². The first kappa shape index (κ1) is 9.07. The predicted octanol–water partition coefficient (Wildman–Crippen LogP) is 3.29. The highest BCUT2D eigenvalue weighted by Gasteiger charge is 2.16. The second-order valence-corrected chi connectivity index (χ2v) is 4.53. The fourth-order valence-electron chi connectivity index (χ4n) is 1.71. The molecule has 0 saturated carbocycles. The first-order valence-corrected chi connectivity index (χ1v) is 5.89. The molecule has 3 rings (SSSR count). The Hall–Kier alpha value is -1.19. The van der Waals surface area contributed by atoms with Gasteiger partial charge in [-0.05, 0) is 45.6 Å². The normalized spacial score (nSPS) is 13.8. The van der Waals surface area contributed by atoms with Crippen LogP contribution in [0.15, 0.2) is 23.0 Å². The number of fused-ring (bicyclic) bond motifs is 1. The summed E-state index contributed by atoms with van der Waals surface area (Å²) in [5.41, 5.74) is 4.67. The molecule has 74 valence electrons. The number of hydrogen-bond donors (Lipinski definition) is 0. The molecule has 4 heteroatoms. The van der Waals surface area contributed by atoms with Crippen molar-refractivity contribution in [2.45, 2.75) is 6.42 Å². The van der Waals surface area contributed by atoms with Gasteiger partial charge in [0, 0.05) is 18.2 Å². The van der Waals surface area contributed by atoms with Gasteiger partial charge in [0.05, 0.1) is 5.69 Å². The first-order chi connectivity index (χ1) is 7.33. The van der Waals surface area contributed by atoms with Crippen molar-refractivity contribution in [1.82, 2.24) is 9.97 Å². The van der Waals surface area contributed by atoms with Gasteiger partial charge in [0.2, 0.25) is 5.28 Å². The van der Waals surface area contributed by atoms with Crippen molar-refractivity contribution in [1.29, 1.82) is 0 Å². The molecule has 0 unspecified atom stereocenters. The summed E-state index contributed by atoms with van der Waals surface area (Å²) in [6, 6.07) is 2.12. The highest BCUT2D eigenvalue weighted by molar-refractivity contribution is 7.08. The van der Waals surface area contributed by atoms with Crippen LogP contribution in [0.3, 0.4) is 0 Å². The zero-order valence-corrected chi connectivity index (χ0v) is 9.35. The molecule has 1 aliphatic rings. The fourth-order valence-corrected chi connectivity index (χ4v) is 2.53. The Bertz CT molecular complexity index is 532. The number of halogens is 1. The summed E-state index contributed by atoms with van der Waals surface area (Å²) in [7, 11) is 0. The largest absolute Gasteiger partial charge is 0.226 e. The molecule has 0 atom stereocenters. The topological polar surface area (TPSA) is 25.8 Å². The third kappa shape index (κ3) is 1.58.